The van der Waals surface area contributed by atoms with E-state index in [0.717, 1.165) is 0 Å². The van der Waals surface area contributed by atoms with Gasteiger partial charge in [-0.2, -0.15) is 0 Å². The Kier molecular flexibility index (Phi) is 3.59. The van der Waals surface area contributed by atoms with Crippen LogP contribution in [0.3, 0.4) is 0 Å². The lowest BCUT2D eigenvalue weighted by molar-refractivity contribution is -0.113. The van der Waals surface area contributed by atoms with E-state index < -0.39 is 0 Å². The first-order valence-corrected chi connectivity index (χ1v) is 4.08. The van der Waals surface area contributed by atoms with Crippen LogP contribution in [-0.4, -0.2) is 5.78 Å². The molecule has 0 atom stereocenters. The Morgan fingerprint density at radius 2 is 2.08 bits per heavy atom. The number of Topliss-reactive ketones (excluding diaryl/α,β-unsaturated/α-hetero) is 1. The van der Waals surface area contributed by atoms with E-state index in [1.54, 1.807) is 19.1 Å². The normalized spacial score (nSPS) is 8.38. The Labute approximate surface area is 77.5 Å². The summed E-state index contributed by atoms with van der Waals surface area (Å²) in [4.78, 5) is 10.7. The summed E-state index contributed by atoms with van der Waals surface area (Å²) < 4.78 is 5.00. The molecule has 0 aromatic heterocycles. The van der Waals surface area contributed by atoms with Crippen molar-refractivity contribution in [3.05, 3.63) is 30.3 Å². The van der Waals surface area contributed by atoms with Gasteiger partial charge in [0.25, 0.3) is 0 Å². The SMILES string of the molecule is CCC(=O)C#COc1ccccc1. The van der Waals surface area contributed by atoms with Crippen LogP contribution < -0.4 is 4.74 Å². The minimum absolute atomic E-state index is 0.115. The van der Waals surface area contributed by atoms with Gasteiger partial charge in [-0.25, -0.2) is 0 Å². The van der Waals surface area contributed by atoms with Gasteiger partial charge >= 0.3 is 0 Å². The Morgan fingerprint density at radius 3 is 2.69 bits per heavy atom. The fourth-order valence-electron chi connectivity index (χ4n) is 0.718. The number of carbonyl (C=O) groups excluding carboxylic acids is 1. The molecule has 2 nitrogen and oxygen atoms in total. The van der Waals surface area contributed by atoms with Crippen molar-refractivity contribution < 1.29 is 9.53 Å². The number of hydrogen-bond acceptors (Lipinski definition) is 2. The molecule has 66 valence electrons. The Balaban J connectivity index is 2.51. The zero-order valence-electron chi connectivity index (χ0n) is 7.41. The number of ether oxygens (including phenoxy) is 1. The number of carbonyl (C=O) groups is 1. The fourth-order valence-corrected chi connectivity index (χ4v) is 0.718. The molecule has 0 heterocycles. The average Bonchev–Trinajstić information content (AvgIpc) is 2.19. The monoisotopic (exact) mass is 174 g/mol. The summed E-state index contributed by atoms with van der Waals surface area (Å²) in [6.07, 6.45) is 2.77. The smallest absolute Gasteiger partial charge is 0.208 e. The van der Waals surface area contributed by atoms with Crippen molar-refractivity contribution in [1.82, 2.24) is 0 Å². The molecule has 0 saturated heterocycles. The molecule has 1 aromatic carbocycles. The molecule has 0 bridgehead atoms. The van der Waals surface area contributed by atoms with Gasteiger partial charge in [0.15, 0.2) is 0 Å². The second-order valence-corrected chi connectivity index (χ2v) is 2.42. The Hall–Kier alpha value is -1.75. The molecular weight excluding hydrogens is 164 g/mol. The minimum atomic E-state index is -0.115. The molecule has 1 aromatic rings. The van der Waals surface area contributed by atoms with Crippen molar-refractivity contribution in [2.75, 3.05) is 0 Å². The number of hydrogen-bond donors (Lipinski definition) is 0. The van der Waals surface area contributed by atoms with E-state index in [1.165, 1.54) is 0 Å². The second-order valence-electron chi connectivity index (χ2n) is 2.42. The van der Waals surface area contributed by atoms with Gasteiger partial charge in [-0.1, -0.05) is 25.1 Å². The lowest BCUT2D eigenvalue weighted by Crippen LogP contribution is -1.90. The fraction of sp³-hybridized carbons (Fsp3) is 0.182. The van der Waals surface area contributed by atoms with Crippen LogP contribution in [0.4, 0.5) is 0 Å². The maximum atomic E-state index is 10.7. The van der Waals surface area contributed by atoms with Crippen LogP contribution in [0.5, 0.6) is 5.75 Å². The van der Waals surface area contributed by atoms with Gasteiger partial charge in [0, 0.05) is 12.3 Å². The van der Waals surface area contributed by atoms with Crippen LogP contribution in [0.25, 0.3) is 0 Å². The Morgan fingerprint density at radius 1 is 1.38 bits per heavy atom. The zero-order valence-corrected chi connectivity index (χ0v) is 7.41. The van der Waals surface area contributed by atoms with Gasteiger partial charge in [-0.15, -0.1) is 0 Å². The molecule has 0 aliphatic heterocycles. The largest absolute Gasteiger partial charge is 0.407 e. The third-order valence-electron chi connectivity index (χ3n) is 1.42. The van der Waals surface area contributed by atoms with E-state index in [2.05, 4.69) is 12.0 Å². The lowest BCUT2D eigenvalue weighted by Gasteiger charge is -1.92. The topological polar surface area (TPSA) is 26.3 Å². The summed E-state index contributed by atoms with van der Waals surface area (Å²) in [5, 5.41) is 0. The molecule has 0 spiro atoms. The predicted octanol–water partition coefficient (Wildman–Crippen LogP) is 2.01. The maximum absolute atomic E-state index is 10.7. The molecule has 13 heavy (non-hydrogen) atoms. The van der Waals surface area contributed by atoms with Crippen molar-refractivity contribution >= 4 is 5.78 Å². The van der Waals surface area contributed by atoms with E-state index in [-0.39, 0.29) is 5.78 Å². The summed E-state index contributed by atoms with van der Waals surface area (Å²) >= 11 is 0. The Bertz CT molecular complexity index is 330. The van der Waals surface area contributed by atoms with Crippen LogP contribution in [0.15, 0.2) is 30.3 Å². The molecular formula is C11H10O2. The summed E-state index contributed by atoms with van der Waals surface area (Å²) in [6, 6.07) is 9.14. The van der Waals surface area contributed by atoms with E-state index in [4.69, 9.17) is 4.74 Å². The quantitative estimate of drug-likeness (QED) is 0.641. The summed E-state index contributed by atoms with van der Waals surface area (Å²) in [5.74, 6) is 2.91. The number of ketones is 1. The van der Waals surface area contributed by atoms with Gasteiger partial charge in [-0.05, 0) is 12.1 Å². The van der Waals surface area contributed by atoms with Crippen LogP contribution in [0, 0.1) is 12.0 Å². The number of rotatable bonds is 2. The summed E-state index contributed by atoms with van der Waals surface area (Å²) in [7, 11) is 0. The van der Waals surface area contributed by atoms with Crippen molar-refractivity contribution in [2.24, 2.45) is 0 Å². The number of para-hydroxylation sites is 1. The first kappa shape index (κ1) is 9.34. The molecule has 0 amide bonds. The van der Waals surface area contributed by atoms with Crippen LogP contribution in [-0.2, 0) is 4.79 Å². The van der Waals surface area contributed by atoms with Crippen LogP contribution in [0.1, 0.15) is 13.3 Å². The van der Waals surface area contributed by atoms with Crippen LogP contribution >= 0.6 is 0 Å². The highest BCUT2D eigenvalue weighted by Crippen LogP contribution is 2.06. The zero-order chi connectivity index (χ0) is 9.52. The first-order valence-electron chi connectivity index (χ1n) is 4.08. The maximum Gasteiger partial charge on any atom is 0.208 e. The molecule has 0 saturated carbocycles. The molecule has 0 radical (unpaired) electrons. The first-order chi connectivity index (χ1) is 6.33. The standard InChI is InChI=1S/C11H10O2/c1-2-10(12)8-9-13-11-6-4-3-5-7-11/h3-7H,2H2,1H3. The van der Waals surface area contributed by atoms with Gasteiger partial charge in [0.2, 0.25) is 5.78 Å². The predicted molar refractivity (Wildman–Crippen MR) is 50.1 cm³/mol. The molecule has 0 unspecified atom stereocenters. The molecule has 0 N–H and O–H groups in total. The molecule has 0 aliphatic rings. The van der Waals surface area contributed by atoms with E-state index in [9.17, 15) is 4.79 Å². The molecule has 1 rings (SSSR count). The highest BCUT2D eigenvalue weighted by atomic mass is 16.5. The summed E-state index contributed by atoms with van der Waals surface area (Å²) in [5.41, 5.74) is 0. The third-order valence-corrected chi connectivity index (χ3v) is 1.42. The summed E-state index contributed by atoms with van der Waals surface area (Å²) in [6.45, 7) is 1.76. The van der Waals surface area contributed by atoms with E-state index in [1.807, 2.05) is 18.2 Å². The van der Waals surface area contributed by atoms with Gasteiger partial charge in [0.1, 0.15) is 11.9 Å². The average molecular weight is 174 g/mol. The van der Waals surface area contributed by atoms with Crippen molar-refractivity contribution in [3.63, 3.8) is 0 Å². The molecule has 0 fully saturated rings. The molecule has 0 aliphatic carbocycles. The highest BCUT2D eigenvalue weighted by Gasteiger charge is 1.89. The van der Waals surface area contributed by atoms with Crippen molar-refractivity contribution in [2.45, 2.75) is 13.3 Å². The van der Waals surface area contributed by atoms with E-state index >= 15 is 0 Å². The molecule has 2 heteroatoms. The van der Waals surface area contributed by atoms with Gasteiger partial charge in [-0.3, -0.25) is 4.79 Å². The van der Waals surface area contributed by atoms with Gasteiger partial charge in [0.05, 0.1) is 0 Å². The minimum Gasteiger partial charge on any atom is -0.407 e. The third kappa shape index (κ3) is 3.44. The van der Waals surface area contributed by atoms with Crippen LogP contribution in [0.2, 0.25) is 0 Å². The second kappa shape index (κ2) is 5.00. The lowest BCUT2D eigenvalue weighted by atomic mass is 10.3. The number of benzene rings is 1. The van der Waals surface area contributed by atoms with Crippen molar-refractivity contribution in [1.29, 1.82) is 0 Å². The highest BCUT2D eigenvalue weighted by molar-refractivity contribution is 5.94. The van der Waals surface area contributed by atoms with E-state index in [0.29, 0.717) is 12.2 Å². The van der Waals surface area contributed by atoms with Crippen molar-refractivity contribution in [3.8, 4) is 17.8 Å². The van der Waals surface area contributed by atoms with Gasteiger partial charge < -0.3 is 4.74 Å².